The van der Waals surface area contributed by atoms with E-state index in [0.29, 0.717) is 24.2 Å². The molecule has 3 aliphatic rings. The summed E-state index contributed by atoms with van der Waals surface area (Å²) >= 11 is 0. The average molecular weight is 345 g/mol. The van der Waals surface area contributed by atoms with Gasteiger partial charge in [0.05, 0.1) is 17.3 Å². The molecule has 4 rings (SSSR count). The molecule has 5 heteroatoms. The Morgan fingerprint density at radius 2 is 1.88 bits per heavy atom. The average Bonchev–Trinajstić information content (AvgIpc) is 2.99. The van der Waals surface area contributed by atoms with Crippen molar-refractivity contribution in [2.24, 2.45) is 11.3 Å². The molecule has 1 aliphatic heterocycles. The first kappa shape index (κ1) is 17.1. The third kappa shape index (κ3) is 3.12. The summed E-state index contributed by atoms with van der Waals surface area (Å²) in [4.78, 5) is 14.4. The molecule has 1 amide bonds. The first-order valence-electron chi connectivity index (χ1n) is 9.79. The van der Waals surface area contributed by atoms with Crippen molar-refractivity contribution in [2.45, 2.75) is 76.9 Å². The second-order valence-electron chi connectivity index (χ2n) is 9.65. The zero-order chi connectivity index (χ0) is 17.8. The lowest BCUT2D eigenvalue weighted by atomic mass is 9.65. The van der Waals surface area contributed by atoms with Gasteiger partial charge >= 0.3 is 0 Å². The van der Waals surface area contributed by atoms with Gasteiger partial charge in [0.25, 0.3) is 0 Å². The normalized spacial score (nSPS) is 29.4. The summed E-state index contributed by atoms with van der Waals surface area (Å²) in [6.07, 6.45) is 7.98. The zero-order valence-electron chi connectivity index (χ0n) is 15.7. The number of hydrogen-bond acceptors (Lipinski definition) is 3. The quantitative estimate of drug-likeness (QED) is 0.897. The van der Waals surface area contributed by atoms with Gasteiger partial charge in [-0.2, -0.15) is 5.10 Å². The van der Waals surface area contributed by atoms with Crippen molar-refractivity contribution in [3.05, 3.63) is 18.0 Å². The summed E-state index contributed by atoms with van der Waals surface area (Å²) in [5, 5.41) is 14.2. The predicted molar refractivity (Wildman–Crippen MR) is 96.2 cm³/mol. The summed E-state index contributed by atoms with van der Waals surface area (Å²) < 4.78 is 2.07. The van der Waals surface area contributed by atoms with Crippen molar-refractivity contribution in [1.82, 2.24) is 14.7 Å². The summed E-state index contributed by atoms with van der Waals surface area (Å²) in [6, 6.07) is 2.19. The van der Waals surface area contributed by atoms with Crippen LogP contribution in [0, 0.1) is 11.3 Å². The number of rotatable bonds is 2. The van der Waals surface area contributed by atoms with Crippen LogP contribution >= 0.6 is 0 Å². The highest BCUT2D eigenvalue weighted by Crippen LogP contribution is 2.49. The van der Waals surface area contributed by atoms with Gasteiger partial charge in [-0.1, -0.05) is 0 Å². The molecule has 3 fully saturated rings. The van der Waals surface area contributed by atoms with Crippen molar-refractivity contribution in [3.63, 3.8) is 0 Å². The van der Waals surface area contributed by atoms with Gasteiger partial charge in [0.2, 0.25) is 5.91 Å². The molecule has 1 aromatic heterocycles. The minimum Gasteiger partial charge on any atom is -0.393 e. The molecular formula is C20H31N3O2. The highest BCUT2D eigenvalue weighted by Gasteiger charge is 2.49. The largest absolute Gasteiger partial charge is 0.393 e. The number of amides is 1. The summed E-state index contributed by atoms with van der Waals surface area (Å²) in [5.74, 6) is 0.938. The maximum Gasteiger partial charge on any atom is 0.225 e. The molecule has 138 valence electrons. The fraction of sp³-hybridized carbons (Fsp3) is 0.800. The number of carbonyl (C=O) groups excluding carboxylic acids is 1. The van der Waals surface area contributed by atoms with Gasteiger partial charge in [-0.15, -0.1) is 0 Å². The van der Waals surface area contributed by atoms with Crippen LogP contribution in [0.5, 0.6) is 0 Å². The Kier molecular flexibility index (Phi) is 3.98. The minimum atomic E-state index is -0.243. The standard InChI is InChI=1S/C20H31N3O2/c1-19(2,3)23-9-6-17(21-23)14-4-7-20(8-5-14)12-22(13-20)18(25)15-10-16(24)11-15/h6,9,14-16,24H,4-5,7-8,10-13H2,1-3H3/t15-,16+. The Balaban J connectivity index is 1.29. The van der Waals surface area contributed by atoms with E-state index in [9.17, 15) is 9.90 Å². The number of aliphatic hydroxyl groups is 1. The Morgan fingerprint density at radius 1 is 1.24 bits per heavy atom. The smallest absolute Gasteiger partial charge is 0.225 e. The Hall–Kier alpha value is -1.36. The predicted octanol–water partition coefficient (Wildman–Crippen LogP) is 2.90. The number of aliphatic hydroxyl groups excluding tert-OH is 1. The first-order chi connectivity index (χ1) is 11.8. The Bertz CT molecular complexity index is 638. The summed E-state index contributed by atoms with van der Waals surface area (Å²) in [7, 11) is 0. The van der Waals surface area contributed by atoms with Gasteiger partial charge in [-0.3, -0.25) is 9.48 Å². The highest BCUT2D eigenvalue weighted by molar-refractivity contribution is 5.80. The monoisotopic (exact) mass is 345 g/mol. The molecule has 0 aromatic carbocycles. The van der Waals surface area contributed by atoms with Gasteiger partial charge in [-0.25, -0.2) is 0 Å². The van der Waals surface area contributed by atoms with Crippen molar-refractivity contribution < 1.29 is 9.90 Å². The SMILES string of the molecule is CC(C)(C)n1ccc(C2CCC3(CC2)CN(C(=O)[C@H]2C[C@@H](O)C2)C3)n1. The van der Waals surface area contributed by atoms with Crippen LogP contribution < -0.4 is 0 Å². The Labute approximate surface area is 150 Å². The van der Waals surface area contributed by atoms with E-state index in [1.807, 2.05) is 4.90 Å². The molecule has 0 radical (unpaired) electrons. The van der Waals surface area contributed by atoms with Crippen molar-refractivity contribution in [1.29, 1.82) is 0 Å². The lowest BCUT2D eigenvalue weighted by Crippen LogP contribution is -2.61. The van der Waals surface area contributed by atoms with E-state index >= 15 is 0 Å². The molecule has 1 saturated heterocycles. The molecule has 2 saturated carbocycles. The van der Waals surface area contributed by atoms with Crippen LogP contribution in [0.1, 0.15) is 70.9 Å². The number of likely N-dealkylation sites (tertiary alicyclic amines) is 1. The fourth-order valence-corrected chi connectivity index (χ4v) is 4.74. The van der Waals surface area contributed by atoms with E-state index < -0.39 is 0 Å². The number of carbonyl (C=O) groups is 1. The van der Waals surface area contributed by atoms with Crippen LogP contribution in [0.25, 0.3) is 0 Å². The molecule has 0 atom stereocenters. The molecule has 0 bridgehead atoms. The highest BCUT2D eigenvalue weighted by atomic mass is 16.3. The van der Waals surface area contributed by atoms with Gasteiger partial charge in [0.1, 0.15) is 0 Å². The van der Waals surface area contributed by atoms with E-state index in [1.165, 1.54) is 31.4 Å². The van der Waals surface area contributed by atoms with Crippen LogP contribution in [-0.2, 0) is 10.3 Å². The topological polar surface area (TPSA) is 58.4 Å². The molecule has 25 heavy (non-hydrogen) atoms. The van der Waals surface area contributed by atoms with Crippen LogP contribution in [0.2, 0.25) is 0 Å². The lowest BCUT2D eigenvalue weighted by molar-refractivity contribution is -0.157. The molecule has 0 unspecified atom stereocenters. The van der Waals surface area contributed by atoms with Crippen LogP contribution in [0.4, 0.5) is 0 Å². The molecule has 2 aliphatic carbocycles. The maximum atomic E-state index is 12.4. The van der Waals surface area contributed by atoms with Gasteiger partial charge in [-0.05, 0) is 65.4 Å². The molecule has 1 spiro atoms. The van der Waals surface area contributed by atoms with Gasteiger partial charge in [0.15, 0.2) is 0 Å². The lowest BCUT2D eigenvalue weighted by Gasteiger charge is -2.54. The Morgan fingerprint density at radius 3 is 2.40 bits per heavy atom. The zero-order valence-corrected chi connectivity index (χ0v) is 15.7. The maximum absolute atomic E-state index is 12.4. The van der Waals surface area contributed by atoms with Crippen LogP contribution in [0.3, 0.4) is 0 Å². The van der Waals surface area contributed by atoms with Crippen molar-refractivity contribution >= 4 is 5.91 Å². The minimum absolute atomic E-state index is 0.0398. The second-order valence-corrected chi connectivity index (χ2v) is 9.65. The molecule has 1 aromatic rings. The van der Waals surface area contributed by atoms with Gasteiger partial charge < -0.3 is 10.0 Å². The van der Waals surface area contributed by atoms with Crippen molar-refractivity contribution in [2.75, 3.05) is 13.1 Å². The van der Waals surface area contributed by atoms with E-state index in [2.05, 4.69) is 37.7 Å². The second kappa shape index (κ2) is 5.83. The molecule has 1 N–H and O–H groups in total. The van der Waals surface area contributed by atoms with E-state index in [1.54, 1.807) is 0 Å². The first-order valence-corrected chi connectivity index (χ1v) is 9.79. The van der Waals surface area contributed by atoms with E-state index in [0.717, 1.165) is 13.1 Å². The molecule has 5 nitrogen and oxygen atoms in total. The molecular weight excluding hydrogens is 314 g/mol. The van der Waals surface area contributed by atoms with Crippen molar-refractivity contribution in [3.8, 4) is 0 Å². The summed E-state index contributed by atoms with van der Waals surface area (Å²) in [6.45, 7) is 8.41. The number of aromatic nitrogens is 2. The van der Waals surface area contributed by atoms with E-state index in [4.69, 9.17) is 5.10 Å². The van der Waals surface area contributed by atoms with E-state index in [-0.39, 0.29) is 23.5 Å². The summed E-state index contributed by atoms with van der Waals surface area (Å²) in [5.41, 5.74) is 1.64. The molecule has 2 heterocycles. The van der Waals surface area contributed by atoms with Crippen LogP contribution in [0.15, 0.2) is 12.3 Å². The van der Waals surface area contributed by atoms with Gasteiger partial charge in [0, 0.05) is 36.5 Å². The third-order valence-electron chi connectivity index (χ3n) is 6.59. The number of hydrogen-bond donors (Lipinski definition) is 1. The number of nitrogens with zero attached hydrogens (tertiary/aromatic N) is 3. The fourth-order valence-electron chi connectivity index (χ4n) is 4.74. The van der Waals surface area contributed by atoms with Crippen LogP contribution in [-0.4, -0.2) is 44.9 Å². The third-order valence-corrected chi connectivity index (χ3v) is 6.59.